The Morgan fingerprint density at radius 3 is 3.00 bits per heavy atom. The molecule has 0 fully saturated rings. The molecule has 1 amide bonds. The summed E-state index contributed by atoms with van der Waals surface area (Å²) in [5.74, 6) is 0.807. The highest BCUT2D eigenvalue weighted by atomic mass is 16.5. The van der Waals surface area contributed by atoms with Gasteiger partial charge in [-0.1, -0.05) is 5.16 Å². The molecule has 0 aliphatic rings. The Labute approximate surface area is 75.5 Å². The average molecular weight is 184 g/mol. The van der Waals surface area contributed by atoms with Crippen LogP contribution in [0.25, 0.3) is 0 Å². The maximum atomic E-state index is 10.3. The molecule has 72 valence electrons. The van der Waals surface area contributed by atoms with Crippen LogP contribution in [-0.2, 0) is 11.2 Å². The summed E-state index contributed by atoms with van der Waals surface area (Å²) in [7, 11) is 0. The van der Waals surface area contributed by atoms with Crippen molar-refractivity contribution in [2.75, 3.05) is 13.1 Å². The van der Waals surface area contributed by atoms with Crippen molar-refractivity contribution in [1.29, 1.82) is 0 Å². The van der Waals surface area contributed by atoms with E-state index in [1.165, 1.54) is 0 Å². The largest absolute Gasteiger partial charge is 0.369 e. The lowest BCUT2D eigenvalue weighted by Gasteiger charge is -1.97. The van der Waals surface area contributed by atoms with Crippen LogP contribution in [0.1, 0.15) is 11.7 Å². The number of nitrogens with one attached hydrogen (secondary N) is 1. The summed E-state index contributed by atoms with van der Waals surface area (Å²) < 4.78 is 4.85. The number of rotatable bonds is 5. The number of aryl methyl sites for hydroxylation is 1. The Balaban J connectivity index is 2.16. The second kappa shape index (κ2) is 4.56. The molecule has 1 aromatic rings. The SMILES string of the molecule is Cc1noc(CCNCC(N)=O)n1. The first-order valence-electron chi connectivity index (χ1n) is 3.96. The van der Waals surface area contributed by atoms with Crippen molar-refractivity contribution < 1.29 is 9.32 Å². The highest BCUT2D eigenvalue weighted by molar-refractivity contribution is 5.75. The van der Waals surface area contributed by atoms with E-state index in [4.69, 9.17) is 10.3 Å². The molecule has 1 heterocycles. The fourth-order valence-electron chi connectivity index (χ4n) is 0.848. The van der Waals surface area contributed by atoms with E-state index in [1.54, 1.807) is 6.92 Å². The lowest BCUT2D eigenvalue weighted by molar-refractivity contribution is -0.117. The first-order chi connectivity index (χ1) is 6.18. The minimum absolute atomic E-state index is 0.174. The molecule has 6 nitrogen and oxygen atoms in total. The van der Waals surface area contributed by atoms with Gasteiger partial charge in [-0.3, -0.25) is 4.79 Å². The lowest BCUT2D eigenvalue weighted by atomic mass is 10.4. The van der Waals surface area contributed by atoms with Gasteiger partial charge in [-0.05, 0) is 6.92 Å². The maximum Gasteiger partial charge on any atom is 0.231 e. The third-order valence-corrected chi connectivity index (χ3v) is 1.38. The van der Waals surface area contributed by atoms with Gasteiger partial charge < -0.3 is 15.6 Å². The average Bonchev–Trinajstić information content (AvgIpc) is 2.45. The van der Waals surface area contributed by atoms with Crippen LogP contribution in [0.3, 0.4) is 0 Å². The number of hydrogen-bond donors (Lipinski definition) is 2. The van der Waals surface area contributed by atoms with Gasteiger partial charge in [-0.15, -0.1) is 0 Å². The number of carbonyl (C=O) groups is 1. The van der Waals surface area contributed by atoms with Gasteiger partial charge >= 0.3 is 0 Å². The highest BCUT2D eigenvalue weighted by Gasteiger charge is 2.01. The number of carbonyl (C=O) groups excluding carboxylic acids is 1. The maximum absolute atomic E-state index is 10.3. The van der Waals surface area contributed by atoms with Gasteiger partial charge in [0.1, 0.15) is 0 Å². The Morgan fingerprint density at radius 2 is 2.46 bits per heavy atom. The Morgan fingerprint density at radius 1 is 1.69 bits per heavy atom. The first kappa shape index (κ1) is 9.66. The number of amides is 1. The molecule has 0 aromatic carbocycles. The van der Waals surface area contributed by atoms with Crippen molar-refractivity contribution in [2.45, 2.75) is 13.3 Å². The summed E-state index contributed by atoms with van der Waals surface area (Å²) in [6.45, 7) is 2.53. The van der Waals surface area contributed by atoms with Crippen molar-refractivity contribution in [1.82, 2.24) is 15.5 Å². The summed E-state index contributed by atoms with van der Waals surface area (Å²) in [6.07, 6.45) is 0.605. The summed E-state index contributed by atoms with van der Waals surface area (Å²) in [4.78, 5) is 14.3. The minimum Gasteiger partial charge on any atom is -0.369 e. The third kappa shape index (κ3) is 3.66. The molecule has 0 saturated heterocycles. The van der Waals surface area contributed by atoms with Gasteiger partial charge in [0.05, 0.1) is 6.54 Å². The summed E-state index contributed by atoms with van der Waals surface area (Å²) in [5.41, 5.74) is 4.92. The lowest BCUT2D eigenvalue weighted by Crippen LogP contribution is -2.29. The van der Waals surface area contributed by atoms with E-state index in [9.17, 15) is 4.79 Å². The van der Waals surface area contributed by atoms with E-state index in [0.717, 1.165) is 0 Å². The van der Waals surface area contributed by atoms with Gasteiger partial charge in [-0.2, -0.15) is 4.98 Å². The van der Waals surface area contributed by atoms with Crippen LogP contribution in [0, 0.1) is 6.92 Å². The topological polar surface area (TPSA) is 94.0 Å². The van der Waals surface area contributed by atoms with Crippen LogP contribution < -0.4 is 11.1 Å². The van der Waals surface area contributed by atoms with Crippen LogP contribution in [0.15, 0.2) is 4.52 Å². The van der Waals surface area contributed by atoms with Gasteiger partial charge in [0.2, 0.25) is 11.8 Å². The smallest absolute Gasteiger partial charge is 0.231 e. The van der Waals surface area contributed by atoms with Crippen LogP contribution in [0.5, 0.6) is 0 Å². The summed E-state index contributed by atoms with van der Waals surface area (Å²) >= 11 is 0. The fraction of sp³-hybridized carbons (Fsp3) is 0.571. The standard InChI is InChI=1S/C7H12N4O2/c1-5-10-7(13-11-5)2-3-9-4-6(8)12/h9H,2-4H2,1H3,(H2,8,12). The molecule has 0 bridgehead atoms. The zero-order valence-corrected chi connectivity index (χ0v) is 7.41. The molecule has 0 spiro atoms. The van der Waals surface area contributed by atoms with Crippen LogP contribution in [0.4, 0.5) is 0 Å². The van der Waals surface area contributed by atoms with E-state index >= 15 is 0 Å². The van der Waals surface area contributed by atoms with Gasteiger partial charge in [0.15, 0.2) is 5.82 Å². The zero-order valence-electron chi connectivity index (χ0n) is 7.41. The Kier molecular flexibility index (Phi) is 3.39. The molecule has 0 unspecified atom stereocenters. The molecule has 13 heavy (non-hydrogen) atoms. The molecule has 0 radical (unpaired) electrons. The Bertz CT molecular complexity index is 284. The van der Waals surface area contributed by atoms with E-state index in [-0.39, 0.29) is 12.5 Å². The van der Waals surface area contributed by atoms with Crippen LogP contribution in [-0.4, -0.2) is 29.1 Å². The van der Waals surface area contributed by atoms with E-state index in [1.807, 2.05) is 0 Å². The minimum atomic E-state index is -0.373. The number of nitrogens with zero attached hydrogens (tertiary/aromatic N) is 2. The number of hydrogen-bond acceptors (Lipinski definition) is 5. The predicted molar refractivity (Wildman–Crippen MR) is 44.8 cm³/mol. The van der Waals surface area contributed by atoms with E-state index < -0.39 is 0 Å². The highest BCUT2D eigenvalue weighted by Crippen LogP contribution is 1.94. The molecule has 0 aliphatic heterocycles. The molecule has 1 aromatic heterocycles. The van der Waals surface area contributed by atoms with Crippen molar-refractivity contribution in [3.05, 3.63) is 11.7 Å². The molecule has 0 saturated carbocycles. The molecular formula is C7H12N4O2. The summed E-state index contributed by atoms with van der Waals surface area (Å²) in [6, 6.07) is 0. The third-order valence-electron chi connectivity index (χ3n) is 1.38. The normalized spacial score (nSPS) is 10.2. The monoisotopic (exact) mass is 184 g/mol. The number of nitrogens with two attached hydrogens (primary N) is 1. The van der Waals surface area contributed by atoms with Gasteiger partial charge in [0.25, 0.3) is 0 Å². The van der Waals surface area contributed by atoms with E-state index in [0.29, 0.717) is 24.7 Å². The molecule has 6 heteroatoms. The zero-order chi connectivity index (χ0) is 9.68. The molecular weight excluding hydrogens is 172 g/mol. The van der Waals surface area contributed by atoms with Crippen molar-refractivity contribution >= 4 is 5.91 Å². The van der Waals surface area contributed by atoms with Crippen molar-refractivity contribution in [3.63, 3.8) is 0 Å². The Hall–Kier alpha value is -1.43. The van der Waals surface area contributed by atoms with E-state index in [2.05, 4.69) is 15.5 Å². The second-order valence-electron chi connectivity index (χ2n) is 2.63. The number of aromatic nitrogens is 2. The number of primary amides is 1. The van der Waals surface area contributed by atoms with Crippen LogP contribution >= 0.6 is 0 Å². The molecule has 0 aliphatic carbocycles. The second-order valence-corrected chi connectivity index (χ2v) is 2.63. The van der Waals surface area contributed by atoms with Crippen molar-refractivity contribution in [3.8, 4) is 0 Å². The van der Waals surface area contributed by atoms with Crippen LogP contribution in [0.2, 0.25) is 0 Å². The molecule has 0 atom stereocenters. The summed E-state index contributed by atoms with van der Waals surface area (Å²) in [5, 5.41) is 6.47. The quantitative estimate of drug-likeness (QED) is 0.572. The van der Waals surface area contributed by atoms with Gasteiger partial charge in [0, 0.05) is 13.0 Å². The molecule has 3 N–H and O–H groups in total. The molecule has 1 rings (SSSR count). The van der Waals surface area contributed by atoms with Gasteiger partial charge in [-0.25, -0.2) is 0 Å². The predicted octanol–water partition coefficient (Wildman–Crippen LogP) is -1.00. The fourth-order valence-corrected chi connectivity index (χ4v) is 0.848. The van der Waals surface area contributed by atoms with Crippen molar-refractivity contribution in [2.24, 2.45) is 5.73 Å². The first-order valence-corrected chi connectivity index (χ1v) is 3.96.